The van der Waals surface area contributed by atoms with Crippen molar-refractivity contribution in [1.29, 1.82) is 0 Å². The third-order valence-electron chi connectivity index (χ3n) is 8.75. The number of quaternary nitrogens is 1. The van der Waals surface area contributed by atoms with E-state index in [-0.39, 0.29) is 19.1 Å². The topological polar surface area (TPSA) is 108 Å². The number of carbonyl (C=O) groups is 1. The summed E-state index contributed by atoms with van der Waals surface area (Å²) in [6.45, 7) is 4.68. The molecule has 0 aliphatic heterocycles. The summed E-state index contributed by atoms with van der Waals surface area (Å²) < 4.78 is 23.1. The number of hydrogen-bond donors (Lipinski definition) is 2. The number of hydrogen-bond acceptors (Lipinski definition) is 6. The highest BCUT2D eigenvalue weighted by atomic mass is 31.2. The Morgan fingerprint density at radius 3 is 1.66 bits per heavy atom. The summed E-state index contributed by atoms with van der Waals surface area (Å²) in [5.74, 6) is -0.176. The number of rotatable bonds is 35. The lowest BCUT2D eigenvalue weighted by atomic mass is 10.0. The van der Waals surface area contributed by atoms with Crippen LogP contribution < -0.4 is 10.2 Å². The molecule has 0 spiro atoms. The summed E-state index contributed by atoms with van der Waals surface area (Å²) in [5, 5.41) is 13.8. The van der Waals surface area contributed by atoms with E-state index >= 15 is 0 Å². The molecule has 9 heteroatoms. The number of phosphoric acid groups is 1. The van der Waals surface area contributed by atoms with Crippen molar-refractivity contribution in [3.63, 3.8) is 0 Å². The van der Waals surface area contributed by atoms with Crippen LogP contribution in [0.5, 0.6) is 0 Å². The van der Waals surface area contributed by atoms with Crippen molar-refractivity contribution in [1.82, 2.24) is 5.32 Å². The maximum Gasteiger partial charge on any atom is 0.268 e. The van der Waals surface area contributed by atoms with Crippen molar-refractivity contribution >= 4 is 13.7 Å². The SMILES string of the molecule is CCCCCCC/C=C\CCCCCCCC(=O)NC(COP(=O)([O-])OCC[N+](C)(C)C)C(O)CCCCCCCCCCCCC. The molecule has 0 aliphatic rings. The fourth-order valence-corrected chi connectivity index (χ4v) is 6.28. The van der Waals surface area contributed by atoms with Crippen LogP contribution in [0.1, 0.15) is 174 Å². The molecule has 0 heterocycles. The van der Waals surface area contributed by atoms with Gasteiger partial charge in [-0.15, -0.1) is 0 Å². The normalized spacial score (nSPS) is 14.8. The van der Waals surface area contributed by atoms with Gasteiger partial charge in [0, 0.05) is 6.42 Å². The van der Waals surface area contributed by atoms with Gasteiger partial charge in [0.15, 0.2) is 0 Å². The Kier molecular flexibility index (Phi) is 30.7. The average Bonchev–Trinajstić information content (AvgIpc) is 3.01. The molecule has 0 radical (unpaired) electrons. The molecule has 47 heavy (non-hydrogen) atoms. The van der Waals surface area contributed by atoms with Crippen LogP contribution in [0.4, 0.5) is 0 Å². The first kappa shape index (κ1) is 46.2. The van der Waals surface area contributed by atoms with Gasteiger partial charge in [-0.1, -0.05) is 142 Å². The predicted molar refractivity (Wildman–Crippen MR) is 196 cm³/mol. The first-order valence-electron chi connectivity index (χ1n) is 19.5. The molecule has 1 amide bonds. The Hall–Kier alpha value is -0.760. The molecule has 8 nitrogen and oxygen atoms in total. The zero-order chi connectivity index (χ0) is 35.1. The molecular weight excluding hydrogens is 611 g/mol. The minimum absolute atomic E-state index is 0.0119. The van der Waals surface area contributed by atoms with E-state index in [9.17, 15) is 19.4 Å². The molecule has 3 atom stereocenters. The van der Waals surface area contributed by atoms with Gasteiger partial charge in [-0.25, -0.2) is 0 Å². The van der Waals surface area contributed by atoms with Gasteiger partial charge in [0.05, 0.1) is 39.9 Å². The number of unbranched alkanes of at least 4 members (excludes halogenated alkanes) is 20. The van der Waals surface area contributed by atoms with Gasteiger partial charge in [-0.3, -0.25) is 9.36 Å². The minimum Gasteiger partial charge on any atom is -0.756 e. The summed E-state index contributed by atoms with van der Waals surface area (Å²) in [5.41, 5.74) is 0. The van der Waals surface area contributed by atoms with E-state index in [1.807, 2.05) is 21.1 Å². The van der Waals surface area contributed by atoms with Gasteiger partial charge in [-0.2, -0.15) is 0 Å². The van der Waals surface area contributed by atoms with E-state index in [1.54, 1.807) is 0 Å². The summed E-state index contributed by atoms with van der Waals surface area (Å²) in [6, 6.07) is -0.798. The van der Waals surface area contributed by atoms with Crippen molar-refractivity contribution < 1.29 is 32.9 Å². The Bertz CT molecular complexity index is 789. The second-order valence-electron chi connectivity index (χ2n) is 14.6. The number of aliphatic hydroxyl groups excluding tert-OH is 1. The molecule has 0 aromatic rings. The average molecular weight is 689 g/mol. The molecule has 0 fully saturated rings. The van der Waals surface area contributed by atoms with Crippen LogP contribution in [-0.4, -0.2) is 68.5 Å². The van der Waals surface area contributed by atoms with Crippen molar-refractivity contribution in [3.05, 3.63) is 12.2 Å². The molecule has 0 rings (SSSR count). The number of nitrogens with one attached hydrogen (secondary N) is 1. The molecule has 0 aliphatic carbocycles. The molecular formula is C38H77N2O6P. The number of allylic oxidation sites excluding steroid dienone is 2. The smallest absolute Gasteiger partial charge is 0.268 e. The van der Waals surface area contributed by atoms with E-state index in [0.717, 1.165) is 51.4 Å². The molecule has 0 bridgehead atoms. The number of amides is 1. The van der Waals surface area contributed by atoms with Crippen molar-refractivity contribution in [2.24, 2.45) is 0 Å². The standard InChI is InChI=1S/C38H77N2O6P/c1-6-8-10-12-14-16-18-19-20-22-24-26-28-30-32-38(42)39-36(35-46-47(43,44)45-34-33-40(3,4)5)37(41)31-29-27-25-23-21-17-15-13-11-9-7-2/h18-19,36-37,41H,6-17,20-35H2,1-5H3,(H-,39,42,43,44)/b19-18-. The first-order valence-corrected chi connectivity index (χ1v) is 21.0. The molecule has 0 saturated heterocycles. The monoisotopic (exact) mass is 689 g/mol. The van der Waals surface area contributed by atoms with Crippen LogP contribution in [0.25, 0.3) is 0 Å². The summed E-state index contributed by atoms with van der Waals surface area (Å²) in [6.07, 6.45) is 32.0. The van der Waals surface area contributed by atoms with Gasteiger partial charge in [0.1, 0.15) is 13.2 Å². The molecule has 3 unspecified atom stereocenters. The second-order valence-corrected chi connectivity index (χ2v) is 16.0. The van der Waals surface area contributed by atoms with E-state index in [1.165, 1.54) is 96.3 Å². The number of nitrogens with zero attached hydrogens (tertiary/aromatic N) is 1. The molecule has 0 saturated carbocycles. The van der Waals surface area contributed by atoms with Gasteiger partial charge < -0.3 is 28.8 Å². The molecule has 0 aromatic heterocycles. The summed E-state index contributed by atoms with van der Waals surface area (Å²) in [7, 11) is 1.30. The lowest BCUT2D eigenvalue weighted by Gasteiger charge is -2.30. The van der Waals surface area contributed by atoms with Crippen LogP contribution in [0.15, 0.2) is 12.2 Å². The van der Waals surface area contributed by atoms with Crippen molar-refractivity contribution in [2.75, 3.05) is 40.9 Å². The second kappa shape index (κ2) is 31.2. The lowest BCUT2D eigenvalue weighted by Crippen LogP contribution is -2.46. The van der Waals surface area contributed by atoms with Crippen molar-refractivity contribution in [2.45, 2.75) is 187 Å². The van der Waals surface area contributed by atoms with Gasteiger partial charge in [0.2, 0.25) is 5.91 Å². The Labute approximate surface area is 291 Å². The summed E-state index contributed by atoms with van der Waals surface area (Å²) >= 11 is 0. The quantitative estimate of drug-likeness (QED) is 0.0297. The minimum atomic E-state index is -4.55. The molecule has 2 N–H and O–H groups in total. The number of likely N-dealkylation sites (N-methyl/N-ethyl adjacent to an activating group) is 1. The van der Waals surface area contributed by atoms with Crippen LogP contribution in [0.3, 0.4) is 0 Å². The lowest BCUT2D eigenvalue weighted by molar-refractivity contribution is -0.870. The highest BCUT2D eigenvalue weighted by Crippen LogP contribution is 2.38. The maximum absolute atomic E-state index is 12.8. The Morgan fingerprint density at radius 1 is 0.723 bits per heavy atom. The van der Waals surface area contributed by atoms with Gasteiger partial charge >= 0.3 is 0 Å². The zero-order valence-corrected chi connectivity index (χ0v) is 32.4. The third kappa shape index (κ3) is 33.5. The number of carbonyl (C=O) groups excluding carboxylic acids is 1. The van der Waals surface area contributed by atoms with E-state index in [2.05, 4.69) is 31.3 Å². The third-order valence-corrected chi connectivity index (χ3v) is 9.72. The first-order chi connectivity index (χ1) is 22.5. The highest BCUT2D eigenvalue weighted by Gasteiger charge is 2.24. The van der Waals surface area contributed by atoms with Crippen LogP contribution in [-0.2, 0) is 18.4 Å². The Morgan fingerprint density at radius 2 is 1.17 bits per heavy atom. The summed E-state index contributed by atoms with van der Waals surface area (Å²) in [4.78, 5) is 25.2. The van der Waals surface area contributed by atoms with E-state index in [4.69, 9.17) is 9.05 Å². The van der Waals surface area contributed by atoms with Crippen LogP contribution in [0.2, 0.25) is 0 Å². The predicted octanol–water partition coefficient (Wildman–Crippen LogP) is 9.39. The fraction of sp³-hybridized carbons (Fsp3) is 0.921. The Balaban J connectivity index is 4.46. The fourth-order valence-electron chi connectivity index (χ4n) is 5.56. The number of aliphatic hydroxyl groups is 1. The van der Waals surface area contributed by atoms with Crippen LogP contribution >= 0.6 is 7.82 Å². The zero-order valence-electron chi connectivity index (χ0n) is 31.5. The van der Waals surface area contributed by atoms with Gasteiger partial charge in [0.25, 0.3) is 7.82 Å². The van der Waals surface area contributed by atoms with Crippen LogP contribution in [0, 0.1) is 0 Å². The maximum atomic E-state index is 12.8. The van der Waals surface area contributed by atoms with Gasteiger partial charge in [-0.05, 0) is 38.5 Å². The number of phosphoric ester groups is 1. The largest absolute Gasteiger partial charge is 0.756 e. The van der Waals surface area contributed by atoms with E-state index in [0.29, 0.717) is 23.9 Å². The van der Waals surface area contributed by atoms with E-state index < -0.39 is 20.0 Å². The highest BCUT2D eigenvalue weighted by molar-refractivity contribution is 7.45. The molecule has 0 aromatic carbocycles. The molecule has 280 valence electrons. The van der Waals surface area contributed by atoms with Crippen molar-refractivity contribution in [3.8, 4) is 0 Å².